The van der Waals surface area contributed by atoms with Gasteiger partial charge in [0.05, 0.1) is 5.69 Å². The van der Waals surface area contributed by atoms with Crippen molar-refractivity contribution in [2.24, 2.45) is 0 Å². The van der Waals surface area contributed by atoms with Crippen LogP contribution in [0.2, 0.25) is 0 Å². The molecule has 1 aliphatic rings. The summed E-state index contributed by atoms with van der Waals surface area (Å²) in [5.74, 6) is 0. The van der Waals surface area contributed by atoms with Gasteiger partial charge in [0.15, 0.2) is 0 Å². The van der Waals surface area contributed by atoms with Crippen LogP contribution < -0.4 is 4.90 Å². The molecular weight excluding hydrogens is 480 g/mol. The lowest BCUT2D eigenvalue weighted by molar-refractivity contribution is 1.27. The van der Waals surface area contributed by atoms with Crippen molar-refractivity contribution in [1.29, 1.82) is 0 Å². The maximum absolute atomic E-state index is 4.42. The van der Waals surface area contributed by atoms with Crippen molar-refractivity contribution < 1.29 is 0 Å². The number of H-pyrrole nitrogens is 1. The fourth-order valence-corrected chi connectivity index (χ4v) is 4.52. The quantitative estimate of drug-likeness (QED) is 0.223. The van der Waals surface area contributed by atoms with Crippen LogP contribution in [0.25, 0.3) is 33.0 Å². The van der Waals surface area contributed by atoms with Crippen molar-refractivity contribution in [2.75, 3.05) is 11.2 Å². The number of nitrogens with one attached hydrogen (secondary N) is 1. The van der Waals surface area contributed by atoms with Crippen LogP contribution in [0.1, 0.15) is 38.8 Å². The van der Waals surface area contributed by atoms with Crippen molar-refractivity contribution in [2.45, 2.75) is 27.7 Å². The highest BCUT2D eigenvalue weighted by Gasteiger charge is 2.16. The van der Waals surface area contributed by atoms with Gasteiger partial charge in [-0.15, -0.1) is 0 Å². The molecule has 194 valence electrons. The minimum atomic E-state index is 1.000. The van der Waals surface area contributed by atoms with Crippen LogP contribution >= 0.6 is 12.6 Å². The van der Waals surface area contributed by atoms with E-state index in [1.807, 2.05) is 33.8 Å². The number of benzene rings is 4. The zero-order chi connectivity index (χ0) is 27.5. The first-order valence-electron chi connectivity index (χ1n) is 13.3. The molecule has 38 heavy (non-hydrogen) atoms. The Morgan fingerprint density at radius 2 is 1.32 bits per heavy atom. The summed E-state index contributed by atoms with van der Waals surface area (Å²) >= 11 is 3.53. The fraction of sp³-hybridized carbons (Fsp3) is 0.143. The molecule has 3 heteroatoms. The largest absolute Gasteiger partial charge is 0.355 e. The number of thiol groups is 1. The molecule has 0 bridgehead atoms. The molecule has 0 aliphatic carbocycles. The third-order valence-corrected chi connectivity index (χ3v) is 6.12. The smallest absolute Gasteiger partial charge is 0.0533 e. The third-order valence-electron chi connectivity index (χ3n) is 6.12. The first-order chi connectivity index (χ1) is 18.8. The molecule has 0 radical (unpaired) electrons. The number of fused-ring (bicyclic) bond motifs is 4. The number of rotatable bonds is 2. The number of aromatic amines is 1. The summed E-state index contributed by atoms with van der Waals surface area (Å²) in [6.07, 6.45) is 8.23. The number of aromatic nitrogens is 1. The van der Waals surface area contributed by atoms with E-state index in [2.05, 4.69) is 138 Å². The molecule has 0 unspecified atom stereocenters. The normalized spacial score (nSPS) is 14.2. The highest BCUT2D eigenvalue weighted by molar-refractivity contribution is 7.79. The fourth-order valence-electron chi connectivity index (χ4n) is 4.52. The van der Waals surface area contributed by atoms with Crippen LogP contribution in [0.15, 0.2) is 122 Å². The van der Waals surface area contributed by atoms with Gasteiger partial charge in [0.25, 0.3) is 0 Å². The van der Waals surface area contributed by atoms with Gasteiger partial charge in [-0.05, 0) is 71.5 Å². The molecule has 0 saturated heterocycles. The number of nitrogens with zero attached hydrogens (tertiary/aromatic N) is 1. The van der Waals surface area contributed by atoms with E-state index in [4.69, 9.17) is 0 Å². The monoisotopic (exact) mass is 518 g/mol. The topological polar surface area (TPSA) is 19.0 Å². The molecule has 1 aromatic heterocycles. The van der Waals surface area contributed by atoms with Crippen LogP contribution in [-0.4, -0.2) is 11.2 Å². The van der Waals surface area contributed by atoms with E-state index in [0.717, 1.165) is 39.1 Å². The Morgan fingerprint density at radius 1 is 0.684 bits per heavy atom. The summed E-state index contributed by atoms with van der Waals surface area (Å²) in [5.41, 5.74) is 9.01. The van der Waals surface area contributed by atoms with Gasteiger partial charge in [0.2, 0.25) is 0 Å². The number of para-hydroxylation sites is 3. The lowest BCUT2D eigenvalue weighted by Gasteiger charge is -2.26. The van der Waals surface area contributed by atoms with Gasteiger partial charge >= 0.3 is 0 Å². The maximum Gasteiger partial charge on any atom is 0.0533 e. The Kier molecular flexibility index (Phi) is 10.6. The standard InChI is InChI=1S/C30H22N2.2C2H6.CH4S/c1-21-19-23(22-15-16-29-27(20-22)26-12-5-7-13-28(26)31-29)17-18-32(24-9-3-2-4-10-24)30-14-8-6-11-25(21)30;3*1-2/h2-20,31H,1H2;2*1-2H3;2H,1H3/b18-17-,23-19+;;;. The SMILES string of the molecule is C=C1/C=C(c2ccc3[nH]c4ccccc4c3c2)\C=C/N(c2ccccc2)c2ccccc21.CC.CC.CS. The van der Waals surface area contributed by atoms with Gasteiger partial charge in [0.1, 0.15) is 0 Å². The molecule has 1 aliphatic heterocycles. The molecule has 4 aromatic carbocycles. The Balaban J connectivity index is 0.000000625. The molecule has 0 spiro atoms. The van der Waals surface area contributed by atoms with Crippen molar-refractivity contribution >= 4 is 57.0 Å². The lowest BCUT2D eigenvalue weighted by Crippen LogP contribution is -2.11. The summed E-state index contributed by atoms with van der Waals surface area (Å²) in [4.78, 5) is 5.75. The van der Waals surface area contributed by atoms with Gasteiger partial charge in [-0.25, -0.2) is 0 Å². The van der Waals surface area contributed by atoms with Gasteiger partial charge < -0.3 is 9.88 Å². The van der Waals surface area contributed by atoms with Crippen LogP contribution in [-0.2, 0) is 0 Å². The number of hydrogen-bond donors (Lipinski definition) is 2. The molecule has 5 aromatic rings. The maximum atomic E-state index is 4.42. The van der Waals surface area contributed by atoms with Crippen LogP contribution in [0.5, 0.6) is 0 Å². The highest BCUT2D eigenvalue weighted by atomic mass is 32.1. The summed E-state index contributed by atoms with van der Waals surface area (Å²) in [5, 5.41) is 2.48. The predicted molar refractivity (Wildman–Crippen MR) is 175 cm³/mol. The first kappa shape index (κ1) is 28.6. The number of anilines is 2. The minimum absolute atomic E-state index is 1.000. The second kappa shape index (κ2) is 14.1. The van der Waals surface area contributed by atoms with Crippen molar-refractivity contribution in [3.05, 3.63) is 133 Å². The van der Waals surface area contributed by atoms with E-state index >= 15 is 0 Å². The lowest BCUT2D eigenvalue weighted by atomic mass is 9.95. The number of hydrogen-bond acceptors (Lipinski definition) is 2. The molecule has 0 amide bonds. The Morgan fingerprint density at radius 3 is 2.08 bits per heavy atom. The zero-order valence-electron chi connectivity index (χ0n) is 23.1. The van der Waals surface area contributed by atoms with E-state index in [1.165, 1.54) is 16.3 Å². The highest BCUT2D eigenvalue weighted by Crippen LogP contribution is 2.37. The molecule has 6 rings (SSSR count). The Bertz CT molecular complexity index is 1540. The molecule has 0 saturated carbocycles. The van der Waals surface area contributed by atoms with Gasteiger partial charge in [-0.3, -0.25) is 0 Å². The van der Waals surface area contributed by atoms with Gasteiger partial charge in [-0.1, -0.05) is 94.9 Å². The van der Waals surface area contributed by atoms with Crippen LogP contribution in [0.3, 0.4) is 0 Å². The Labute approximate surface area is 233 Å². The van der Waals surface area contributed by atoms with E-state index < -0.39 is 0 Å². The summed E-state index contributed by atoms with van der Waals surface area (Å²) < 4.78 is 0. The first-order valence-corrected chi connectivity index (χ1v) is 14.2. The van der Waals surface area contributed by atoms with Gasteiger partial charge in [0, 0.05) is 39.3 Å². The summed E-state index contributed by atoms with van der Waals surface area (Å²) in [6, 6.07) is 34.0. The zero-order valence-corrected chi connectivity index (χ0v) is 24.0. The second-order valence-electron chi connectivity index (χ2n) is 8.09. The molecule has 0 fully saturated rings. The van der Waals surface area contributed by atoms with Crippen molar-refractivity contribution in [3.63, 3.8) is 0 Å². The summed E-state index contributed by atoms with van der Waals surface area (Å²) in [6.45, 7) is 12.4. The van der Waals surface area contributed by atoms with Crippen LogP contribution in [0, 0.1) is 0 Å². The van der Waals surface area contributed by atoms with Crippen LogP contribution in [0.4, 0.5) is 11.4 Å². The molecule has 1 N–H and O–H groups in total. The molecular formula is C35H38N2S. The molecule has 2 heterocycles. The van der Waals surface area contributed by atoms with Crippen molar-refractivity contribution in [3.8, 4) is 0 Å². The molecule has 0 atom stereocenters. The predicted octanol–water partition coefficient (Wildman–Crippen LogP) is 10.7. The average Bonchev–Trinajstić information content (AvgIpc) is 3.37. The van der Waals surface area contributed by atoms with E-state index in [9.17, 15) is 0 Å². The average molecular weight is 519 g/mol. The van der Waals surface area contributed by atoms with Gasteiger partial charge in [-0.2, -0.15) is 12.6 Å². The second-order valence-corrected chi connectivity index (χ2v) is 8.09. The number of allylic oxidation sites excluding steroid dienone is 4. The minimum Gasteiger partial charge on any atom is -0.355 e. The van der Waals surface area contributed by atoms with E-state index in [1.54, 1.807) is 6.26 Å². The van der Waals surface area contributed by atoms with E-state index in [0.29, 0.717) is 0 Å². The van der Waals surface area contributed by atoms with Crippen molar-refractivity contribution in [1.82, 2.24) is 4.98 Å². The molecule has 2 nitrogen and oxygen atoms in total. The Hall–Kier alpha value is -3.95. The van der Waals surface area contributed by atoms with E-state index in [-0.39, 0.29) is 0 Å². The third kappa shape index (κ3) is 5.95. The summed E-state index contributed by atoms with van der Waals surface area (Å²) in [7, 11) is 0.